The zero-order chi connectivity index (χ0) is 35.6. The molecular formula is C49H30N2O3. The van der Waals surface area contributed by atoms with Gasteiger partial charge < -0.3 is 18.2 Å². The number of hydrogen-bond acceptors (Lipinski definition) is 5. The van der Waals surface area contributed by atoms with E-state index in [9.17, 15) is 0 Å². The Balaban J connectivity index is 1.01. The van der Waals surface area contributed by atoms with Gasteiger partial charge in [-0.25, -0.2) is 4.98 Å². The molecule has 0 aliphatic rings. The molecule has 0 saturated heterocycles. The first-order chi connectivity index (χ1) is 26.7. The third-order valence-electron chi connectivity index (χ3n) is 10.3. The van der Waals surface area contributed by atoms with Crippen molar-refractivity contribution in [3.8, 4) is 33.7 Å². The zero-order valence-corrected chi connectivity index (χ0v) is 28.9. The Labute approximate surface area is 309 Å². The summed E-state index contributed by atoms with van der Waals surface area (Å²) in [6.45, 7) is 0. The molecule has 0 unspecified atom stereocenters. The van der Waals surface area contributed by atoms with Gasteiger partial charge in [0.1, 0.15) is 27.8 Å². The SMILES string of the molecule is c1ccc(-c2ccc(N(c3ccc(-c4ccc5oc6ccc7oc(-c8ccccc8)nc7c6c5c4)cc3)c3ccc4oc5ccccc5c4c3)cc2)cc1. The Kier molecular flexibility index (Phi) is 6.79. The maximum Gasteiger partial charge on any atom is 0.227 e. The predicted octanol–water partition coefficient (Wildman–Crippen LogP) is 14.1. The molecule has 54 heavy (non-hydrogen) atoms. The number of para-hydroxylation sites is 1. The van der Waals surface area contributed by atoms with Crippen molar-refractivity contribution in [2.45, 2.75) is 0 Å². The van der Waals surface area contributed by atoms with Gasteiger partial charge in [0.2, 0.25) is 5.89 Å². The Morgan fingerprint density at radius 3 is 1.61 bits per heavy atom. The minimum Gasteiger partial charge on any atom is -0.456 e. The van der Waals surface area contributed by atoms with Crippen LogP contribution in [0.15, 0.2) is 195 Å². The molecule has 0 spiro atoms. The number of nitrogens with zero attached hydrogens (tertiary/aromatic N) is 2. The van der Waals surface area contributed by atoms with Crippen LogP contribution in [0.5, 0.6) is 0 Å². The van der Waals surface area contributed by atoms with E-state index in [-0.39, 0.29) is 0 Å². The van der Waals surface area contributed by atoms with Crippen LogP contribution in [-0.4, -0.2) is 4.98 Å². The van der Waals surface area contributed by atoms with E-state index in [1.165, 1.54) is 11.1 Å². The molecule has 3 heterocycles. The van der Waals surface area contributed by atoms with Crippen LogP contribution in [0, 0.1) is 0 Å². The molecular weight excluding hydrogens is 665 g/mol. The number of rotatable bonds is 6. The minimum atomic E-state index is 0.596. The number of anilines is 3. The molecule has 0 atom stereocenters. The molecule has 0 N–H and O–H groups in total. The molecule has 0 fully saturated rings. The molecule has 0 aliphatic carbocycles. The molecule has 8 aromatic carbocycles. The van der Waals surface area contributed by atoms with Crippen molar-refractivity contribution in [1.29, 1.82) is 0 Å². The summed E-state index contributed by atoms with van der Waals surface area (Å²) in [5.74, 6) is 0.596. The third kappa shape index (κ3) is 4.98. The second-order valence-corrected chi connectivity index (χ2v) is 13.6. The van der Waals surface area contributed by atoms with E-state index in [1.807, 2.05) is 66.7 Å². The van der Waals surface area contributed by atoms with Gasteiger partial charge in [0.25, 0.3) is 0 Å². The minimum absolute atomic E-state index is 0.596. The lowest BCUT2D eigenvalue weighted by Crippen LogP contribution is -2.09. The van der Waals surface area contributed by atoms with Gasteiger partial charge in [0.05, 0.1) is 5.39 Å². The van der Waals surface area contributed by atoms with E-state index >= 15 is 0 Å². The monoisotopic (exact) mass is 694 g/mol. The van der Waals surface area contributed by atoms with Gasteiger partial charge in [0, 0.05) is 38.8 Å². The predicted molar refractivity (Wildman–Crippen MR) is 220 cm³/mol. The largest absolute Gasteiger partial charge is 0.456 e. The maximum absolute atomic E-state index is 6.31. The highest BCUT2D eigenvalue weighted by Crippen LogP contribution is 2.41. The highest BCUT2D eigenvalue weighted by molar-refractivity contribution is 6.17. The summed E-state index contributed by atoms with van der Waals surface area (Å²) in [6.07, 6.45) is 0. The molecule has 11 rings (SSSR count). The maximum atomic E-state index is 6.31. The van der Waals surface area contributed by atoms with Gasteiger partial charge in [-0.3, -0.25) is 0 Å². The van der Waals surface area contributed by atoms with Gasteiger partial charge in [-0.1, -0.05) is 97.1 Å². The van der Waals surface area contributed by atoms with Gasteiger partial charge >= 0.3 is 0 Å². The summed E-state index contributed by atoms with van der Waals surface area (Å²) in [5, 5.41) is 4.15. The van der Waals surface area contributed by atoms with Crippen molar-refractivity contribution in [2.24, 2.45) is 0 Å². The van der Waals surface area contributed by atoms with E-state index < -0.39 is 0 Å². The van der Waals surface area contributed by atoms with Crippen molar-refractivity contribution in [3.05, 3.63) is 182 Å². The van der Waals surface area contributed by atoms with Gasteiger partial charge in [-0.05, 0) is 107 Å². The van der Waals surface area contributed by atoms with E-state index in [2.05, 4.69) is 120 Å². The summed E-state index contributed by atoms with van der Waals surface area (Å²) in [5.41, 5.74) is 13.5. The number of benzene rings is 8. The standard InChI is InChI=1S/C49H30N2O3/c1-3-9-31(10-4-1)32-15-20-36(21-16-32)51(38-24-26-43-40(30-38)39-13-7-8-14-42(39)52-43)37-22-17-33(18-23-37)35-19-25-44-41(29-35)47-45(53-44)27-28-46-48(47)50-49(54-46)34-11-5-2-6-12-34/h1-30H. The molecule has 3 aromatic heterocycles. The van der Waals surface area contributed by atoms with Crippen molar-refractivity contribution in [3.63, 3.8) is 0 Å². The molecule has 0 amide bonds. The molecule has 0 bridgehead atoms. The third-order valence-corrected chi connectivity index (χ3v) is 10.3. The van der Waals surface area contributed by atoms with E-state index in [4.69, 9.17) is 18.2 Å². The van der Waals surface area contributed by atoms with Gasteiger partial charge in [-0.2, -0.15) is 0 Å². The lowest BCUT2D eigenvalue weighted by Gasteiger charge is -2.26. The fraction of sp³-hybridized carbons (Fsp3) is 0. The second-order valence-electron chi connectivity index (χ2n) is 13.6. The topological polar surface area (TPSA) is 55.6 Å². The summed E-state index contributed by atoms with van der Waals surface area (Å²) < 4.78 is 18.7. The fourth-order valence-corrected chi connectivity index (χ4v) is 7.67. The second kappa shape index (κ2) is 12.1. The molecule has 11 aromatic rings. The van der Waals surface area contributed by atoms with Crippen LogP contribution in [0.2, 0.25) is 0 Å². The van der Waals surface area contributed by atoms with Gasteiger partial charge in [-0.15, -0.1) is 0 Å². The Morgan fingerprint density at radius 1 is 0.333 bits per heavy atom. The average Bonchev–Trinajstić information content (AvgIpc) is 3.95. The average molecular weight is 695 g/mol. The Morgan fingerprint density at radius 2 is 0.852 bits per heavy atom. The molecule has 0 radical (unpaired) electrons. The zero-order valence-electron chi connectivity index (χ0n) is 28.9. The van der Waals surface area contributed by atoms with Gasteiger partial charge in [0.15, 0.2) is 5.58 Å². The molecule has 0 saturated carbocycles. The van der Waals surface area contributed by atoms with Crippen LogP contribution in [0.1, 0.15) is 0 Å². The molecule has 254 valence electrons. The normalized spacial score (nSPS) is 11.7. The quantitative estimate of drug-likeness (QED) is 0.173. The van der Waals surface area contributed by atoms with Crippen molar-refractivity contribution < 1.29 is 13.3 Å². The first kappa shape index (κ1) is 30.3. The number of aromatic nitrogens is 1. The number of fused-ring (bicyclic) bond motifs is 8. The van der Waals surface area contributed by atoms with Crippen LogP contribution in [0.25, 0.3) is 88.7 Å². The van der Waals surface area contributed by atoms with E-state index in [1.54, 1.807) is 0 Å². The Bertz CT molecular complexity index is 3140. The van der Waals surface area contributed by atoms with Crippen molar-refractivity contribution in [2.75, 3.05) is 4.90 Å². The summed E-state index contributed by atoms with van der Waals surface area (Å²) in [7, 11) is 0. The summed E-state index contributed by atoms with van der Waals surface area (Å²) in [4.78, 5) is 7.24. The van der Waals surface area contributed by atoms with Crippen LogP contribution < -0.4 is 4.90 Å². The Hall–Kier alpha value is -7.37. The molecule has 5 heteroatoms. The highest BCUT2D eigenvalue weighted by Gasteiger charge is 2.19. The van der Waals surface area contributed by atoms with Crippen LogP contribution >= 0.6 is 0 Å². The first-order valence-corrected chi connectivity index (χ1v) is 18.0. The van der Waals surface area contributed by atoms with Crippen LogP contribution in [-0.2, 0) is 0 Å². The van der Waals surface area contributed by atoms with E-state index in [0.717, 1.165) is 88.7 Å². The summed E-state index contributed by atoms with van der Waals surface area (Å²) in [6, 6.07) is 62.9. The van der Waals surface area contributed by atoms with E-state index in [0.29, 0.717) is 5.89 Å². The fourth-order valence-electron chi connectivity index (χ4n) is 7.67. The smallest absolute Gasteiger partial charge is 0.227 e. The summed E-state index contributed by atoms with van der Waals surface area (Å²) >= 11 is 0. The first-order valence-electron chi connectivity index (χ1n) is 18.0. The number of furan rings is 2. The number of hydrogen-bond donors (Lipinski definition) is 0. The lowest BCUT2D eigenvalue weighted by molar-refractivity contribution is 0.619. The lowest BCUT2D eigenvalue weighted by atomic mass is 10.0. The highest BCUT2D eigenvalue weighted by atomic mass is 16.4. The van der Waals surface area contributed by atoms with Crippen LogP contribution in [0.3, 0.4) is 0 Å². The molecule has 0 aliphatic heterocycles. The molecule has 5 nitrogen and oxygen atoms in total. The van der Waals surface area contributed by atoms with Crippen molar-refractivity contribution >= 4 is 72.0 Å². The van der Waals surface area contributed by atoms with Crippen molar-refractivity contribution in [1.82, 2.24) is 4.98 Å². The van der Waals surface area contributed by atoms with Crippen LogP contribution in [0.4, 0.5) is 17.1 Å². The number of oxazole rings is 1.